The molecule has 19 heavy (non-hydrogen) atoms. The number of hydrogen-bond donors (Lipinski definition) is 2. The number of hydrogen-bond acceptors (Lipinski definition) is 3. The Bertz CT molecular complexity index is 269. The third-order valence-corrected chi connectivity index (χ3v) is 3.16. The van der Waals surface area contributed by atoms with Gasteiger partial charge < -0.3 is 15.5 Å². The van der Waals surface area contributed by atoms with Crippen molar-refractivity contribution in [3.63, 3.8) is 0 Å². The Balaban J connectivity index is 4.14. The molecule has 112 valence electrons. The zero-order chi connectivity index (χ0) is 14.5. The first-order valence-corrected chi connectivity index (χ1v) is 8.22. The van der Waals surface area contributed by atoms with E-state index in [2.05, 4.69) is 28.8 Å². The van der Waals surface area contributed by atoms with Crippen LogP contribution in [0.25, 0.3) is 0 Å². The molecular weight excluding hydrogens is 260 g/mol. The molecule has 0 radical (unpaired) electrons. The van der Waals surface area contributed by atoms with Crippen LogP contribution in [0.1, 0.15) is 26.2 Å². The lowest BCUT2D eigenvalue weighted by Gasteiger charge is -2.13. The number of carbonyl (C=O) groups is 1. The molecule has 0 bridgehead atoms. The fourth-order valence-electron chi connectivity index (χ4n) is 1.32. The topological polar surface area (TPSA) is 56.7 Å². The monoisotopic (exact) mass is 288 g/mol. The summed E-state index contributed by atoms with van der Waals surface area (Å²) in [6, 6.07) is 0. The molecule has 2 N–H and O–H groups in total. The molecule has 0 saturated heterocycles. The van der Waals surface area contributed by atoms with E-state index in [1.165, 1.54) is 12.8 Å². The van der Waals surface area contributed by atoms with Crippen LogP contribution in [-0.2, 0) is 4.79 Å². The Kier molecular flexibility index (Phi) is 11.6. The smallest absolute Gasteiger partial charge is 0.243 e. The molecule has 0 aromatic carbocycles. The number of nitrogens with zero attached hydrogens (tertiary/aromatic N) is 2. The van der Waals surface area contributed by atoms with Crippen LogP contribution >= 0.6 is 11.8 Å². The SMILES string of the molecule is CCCCCNC(=NCC(=O)N(C)C)NCCSC. The van der Waals surface area contributed by atoms with Crippen molar-refractivity contribution >= 4 is 23.6 Å². The Morgan fingerprint density at radius 2 is 1.89 bits per heavy atom. The Labute approximate surface area is 121 Å². The van der Waals surface area contributed by atoms with Crippen molar-refractivity contribution in [1.82, 2.24) is 15.5 Å². The zero-order valence-corrected chi connectivity index (χ0v) is 13.5. The van der Waals surface area contributed by atoms with E-state index in [1.807, 2.05) is 0 Å². The fourth-order valence-corrected chi connectivity index (χ4v) is 1.62. The predicted octanol–water partition coefficient (Wildman–Crippen LogP) is 1.16. The summed E-state index contributed by atoms with van der Waals surface area (Å²) in [6.07, 6.45) is 5.61. The molecule has 0 fully saturated rings. The van der Waals surface area contributed by atoms with Gasteiger partial charge in [-0.15, -0.1) is 0 Å². The first-order chi connectivity index (χ1) is 9.11. The summed E-state index contributed by atoms with van der Waals surface area (Å²) in [4.78, 5) is 17.4. The van der Waals surface area contributed by atoms with Gasteiger partial charge in [0.1, 0.15) is 6.54 Å². The second kappa shape index (κ2) is 12.1. The minimum atomic E-state index is 0.0134. The van der Waals surface area contributed by atoms with Gasteiger partial charge in [-0.1, -0.05) is 19.8 Å². The molecule has 0 unspecified atom stereocenters. The summed E-state index contributed by atoms with van der Waals surface area (Å²) < 4.78 is 0. The van der Waals surface area contributed by atoms with Crippen LogP contribution in [0.15, 0.2) is 4.99 Å². The summed E-state index contributed by atoms with van der Waals surface area (Å²) in [7, 11) is 3.49. The van der Waals surface area contributed by atoms with Crippen LogP contribution in [0.4, 0.5) is 0 Å². The Morgan fingerprint density at radius 3 is 2.47 bits per heavy atom. The molecule has 0 aliphatic carbocycles. The molecule has 0 rings (SSSR count). The number of likely N-dealkylation sites (N-methyl/N-ethyl adjacent to an activating group) is 1. The van der Waals surface area contributed by atoms with Gasteiger partial charge >= 0.3 is 0 Å². The normalized spacial score (nSPS) is 11.3. The lowest BCUT2D eigenvalue weighted by molar-refractivity contribution is -0.127. The molecule has 0 heterocycles. The van der Waals surface area contributed by atoms with Gasteiger partial charge in [-0.25, -0.2) is 4.99 Å². The highest BCUT2D eigenvalue weighted by atomic mass is 32.2. The van der Waals surface area contributed by atoms with E-state index in [-0.39, 0.29) is 12.5 Å². The van der Waals surface area contributed by atoms with Crippen LogP contribution in [0.5, 0.6) is 0 Å². The molecule has 0 spiro atoms. The van der Waals surface area contributed by atoms with E-state index in [0.717, 1.165) is 31.2 Å². The highest BCUT2D eigenvalue weighted by molar-refractivity contribution is 7.98. The molecular formula is C13H28N4OS. The molecule has 0 atom stereocenters. The van der Waals surface area contributed by atoms with E-state index >= 15 is 0 Å². The maximum atomic E-state index is 11.5. The third kappa shape index (κ3) is 10.7. The van der Waals surface area contributed by atoms with Crippen LogP contribution in [0, 0.1) is 0 Å². The number of unbranched alkanes of at least 4 members (excludes halogenated alkanes) is 2. The van der Waals surface area contributed by atoms with Gasteiger partial charge in [-0.2, -0.15) is 11.8 Å². The van der Waals surface area contributed by atoms with Crippen molar-refractivity contribution in [1.29, 1.82) is 0 Å². The largest absolute Gasteiger partial charge is 0.356 e. The second-order valence-corrected chi connectivity index (χ2v) is 5.49. The maximum absolute atomic E-state index is 11.5. The Morgan fingerprint density at radius 1 is 1.21 bits per heavy atom. The number of carbonyl (C=O) groups excluding carboxylic acids is 1. The summed E-state index contributed by atoms with van der Waals surface area (Å²) in [5, 5.41) is 6.51. The van der Waals surface area contributed by atoms with E-state index in [1.54, 1.807) is 30.8 Å². The molecule has 6 heteroatoms. The molecule has 0 aliphatic heterocycles. The van der Waals surface area contributed by atoms with E-state index < -0.39 is 0 Å². The number of amides is 1. The summed E-state index contributed by atoms with van der Waals surface area (Å²) in [5.74, 6) is 1.77. The minimum absolute atomic E-state index is 0.0134. The molecule has 5 nitrogen and oxygen atoms in total. The number of thioether (sulfide) groups is 1. The van der Waals surface area contributed by atoms with Crippen LogP contribution in [0.3, 0.4) is 0 Å². The molecule has 0 saturated carbocycles. The lowest BCUT2D eigenvalue weighted by Crippen LogP contribution is -2.40. The molecule has 0 aromatic rings. The first kappa shape index (κ1) is 18.1. The van der Waals surface area contributed by atoms with E-state index in [0.29, 0.717) is 0 Å². The van der Waals surface area contributed by atoms with Gasteiger partial charge in [0.05, 0.1) is 0 Å². The third-order valence-electron chi connectivity index (χ3n) is 2.54. The molecule has 1 amide bonds. The number of nitrogens with one attached hydrogen (secondary N) is 2. The van der Waals surface area contributed by atoms with Gasteiger partial charge in [-0.05, 0) is 12.7 Å². The summed E-state index contributed by atoms with van der Waals surface area (Å²) in [6.45, 7) is 4.13. The van der Waals surface area contributed by atoms with Crippen molar-refractivity contribution in [2.24, 2.45) is 4.99 Å². The van der Waals surface area contributed by atoms with Crippen molar-refractivity contribution < 1.29 is 4.79 Å². The number of rotatable bonds is 9. The van der Waals surface area contributed by atoms with E-state index in [4.69, 9.17) is 0 Å². The van der Waals surface area contributed by atoms with Gasteiger partial charge in [0, 0.05) is 32.9 Å². The Hall–Kier alpha value is -0.910. The average Bonchev–Trinajstić information content (AvgIpc) is 2.39. The number of guanidine groups is 1. The average molecular weight is 288 g/mol. The zero-order valence-electron chi connectivity index (χ0n) is 12.7. The van der Waals surface area contributed by atoms with Gasteiger partial charge in [0.15, 0.2) is 5.96 Å². The summed E-state index contributed by atoms with van der Waals surface area (Å²) in [5.41, 5.74) is 0. The quantitative estimate of drug-likeness (QED) is 0.380. The maximum Gasteiger partial charge on any atom is 0.243 e. The van der Waals surface area contributed by atoms with Gasteiger partial charge in [0.25, 0.3) is 0 Å². The molecule has 0 aliphatic rings. The second-order valence-electron chi connectivity index (χ2n) is 4.51. The predicted molar refractivity (Wildman–Crippen MR) is 84.9 cm³/mol. The van der Waals surface area contributed by atoms with Crippen molar-refractivity contribution in [2.75, 3.05) is 45.7 Å². The highest BCUT2D eigenvalue weighted by Gasteiger charge is 2.03. The van der Waals surface area contributed by atoms with Crippen molar-refractivity contribution in [2.45, 2.75) is 26.2 Å². The van der Waals surface area contributed by atoms with Crippen LogP contribution in [0.2, 0.25) is 0 Å². The van der Waals surface area contributed by atoms with Crippen LogP contribution < -0.4 is 10.6 Å². The standard InChI is InChI=1S/C13H28N4OS/c1-5-6-7-8-14-13(15-9-10-19-4)16-11-12(18)17(2)3/h5-11H2,1-4H3,(H2,14,15,16). The van der Waals surface area contributed by atoms with Crippen molar-refractivity contribution in [3.05, 3.63) is 0 Å². The van der Waals surface area contributed by atoms with Crippen LogP contribution in [-0.4, -0.2) is 62.5 Å². The highest BCUT2D eigenvalue weighted by Crippen LogP contribution is 1.92. The van der Waals surface area contributed by atoms with Gasteiger partial charge in [-0.3, -0.25) is 4.79 Å². The first-order valence-electron chi connectivity index (χ1n) is 6.83. The van der Waals surface area contributed by atoms with Crippen molar-refractivity contribution in [3.8, 4) is 0 Å². The minimum Gasteiger partial charge on any atom is -0.356 e. The van der Waals surface area contributed by atoms with Gasteiger partial charge in [0.2, 0.25) is 5.91 Å². The number of aliphatic imine (C=N–C) groups is 1. The van der Waals surface area contributed by atoms with E-state index in [9.17, 15) is 4.79 Å². The molecule has 0 aromatic heterocycles. The summed E-state index contributed by atoms with van der Waals surface area (Å²) >= 11 is 1.78. The lowest BCUT2D eigenvalue weighted by atomic mass is 10.2. The fraction of sp³-hybridized carbons (Fsp3) is 0.846.